The molecule has 2 aliphatic carbocycles. The van der Waals surface area contributed by atoms with Crippen LogP contribution in [0.3, 0.4) is 0 Å². The van der Waals surface area contributed by atoms with E-state index in [4.69, 9.17) is 40.9 Å². The van der Waals surface area contributed by atoms with Crippen molar-refractivity contribution in [1.29, 1.82) is 0 Å². The molecule has 4 aliphatic rings. The van der Waals surface area contributed by atoms with Gasteiger partial charge in [-0.3, -0.25) is 14.9 Å². The Hall–Kier alpha value is -2.75. The van der Waals surface area contributed by atoms with Gasteiger partial charge in [0, 0.05) is 35.4 Å². The van der Waals surface area contributed by atoms with Gasteiger partial charge in [0.05, 0.1) is 49.2 Å². The predicted octanol–water partition coefficient (Wildman–Crippen LogP) is 2.31. The standard InChI is InChI=1S/C14H18N2O5S.C11H14N2O3S/c1-2-19-13(18)16-12-10(11(15)17)8-3-4-14(7-9(8)22-12)20-5-6-21-14;12-9(14)8-6-1-2-11(15-3-4-16-11)5-7(6)17-10(8)13/h2-7H2,1H3,(H2,15,17)(H,16,18);1-5,13H2,(H2,12,14). The number of amides is 3. The Bertz CT molecular complexity index is 1280. The van der Waals surface area contributed by atoms with Gasteiger partial charge in [0.1, 0.15) is 5.00 Å². The first kappa shape index (κ1) is 27.8. The van der Waals surface area contributed by atoms with Crippen molar-refractivity contribution in [2.24, 2.45) is 11.5 Å². The molecule has 2 saturated heterocycles. The van der Waals surface area contributed by atoms with Crippen molar-refractivity contribution in [2.45, 2.75) is 57.0 Å². The number of carbonyl (C=O) groups excluding carboxylic acids is 3. The third-order valence-electron chi connectivity index (χ3n) is 7.19. The molecular weight excluding hydrogens is 548 g/mol. The van der Waals surface area contributed by atoms with Crippen molar-refractivity contribution < 1.29 is 38.1 Å². The quantitative estimate of drug-likeness (QED) is 0.421. The minimum Gasteiger partial charge on any atom is -0.450 e. The maximum atomic E-state index is 11.8. The van der Waals surface area contributed by atoms with Crippen LogP contribution in [0.4, 0.5) is 14.8 Å². The fourth-order valence-corrected chi connectivity index (χ4v) is 8.06. The smallest absolute Gasteiger partial charge is 0.412 e. The minimum atomic E-state index is -0.591. The molecule has 2 aromatic heterocycles. The number of thiophene rings is 2. The fraction of sp³-hybridized carbons (Fsp3) is 0.560. The lowest BCUT2D eigenvalue weighted by Gasteiger charge is -2.31. The van der Waals surface area contributed by atoms with Gasteiger partial charge < -0.3 is 40.9 Å². The molecule has 2 aromatic rings. The normalized spacial score (nSPS) is 20.1. The number of carbonyl (C=O) groups is 3. The SMILES string of the molecule is CCOC(=O)Nc1sc2c(c1C(N)=O)CCC1(C2)OCCO1.NC(=O)c1c(N)sc2c1CCC1(C2)OCCO1. The topological polar surface area (TPSA) is 187 Å². The van der Waals surface area contributed by atoms with Crippen LogP contribution >= 0.6 is 22.7 Å². The highest BCUT2D eigenvalue weighted by atomic mass is 32.1. The van der Waals surface area contributed by atoms with Crippen LogP contribution in [0.25, 0.3) is 0 Å². The van der Waals surface area contributed by atoms with Gasteiger partial charge in [-0.15, -0.1) is 22.7 Å². The van der Waals surface area contributed by atoms with Gasteiger partial charge in [0.2, 0.25) is 0 Å². The van der Waals surface area contributed by atoms with Crippen molar-refractivity contribution in [3.63, 3.8) is 0 Å². The van der Waals surface area contributed by atoms with E-state index in [0.717, 1.165) is 33.7 Å². The summed E-state index contributed by atoms with van der Waals surface area (Å²) in [7, 11) is 0. The Morgan fingerprint density at radius 3 is 1.82 bits per heavy atom. The second-order valence-corrected chi connectivity index (χ2v) is 11.8. The van der Waals surface area contributed by atoms with E-state index < -0.39 is 29.5 Å². The summed E-state index contributed by atoms with van der Waals surface area (Å²) in [5, 5.41) is 3.55. The molecule has 2 fully saturated rings. The summed E-state index contributed by atoms with van der Waals surface area (Å²) in [6.07, 6.45) is 3.46. The minimum absolute atomic E-state index is 0.258. The van der Waals surface area contributed by atoms with E-state index >= 15 is 0 Å². The summed E-state index contributed by atoms with van der Waals surface area (Å²) >= 11 is 2.76. The van der Waals surface area contributed by atoms with Gasteiger partial charge >= 0.3 is 6.09 Å². The summed E-state index contributed by atoms with van der Waals surface area (Å²) in [6.45, 7) is 4.41. The molecule has 212 valence electrons. The third-order valence-corrected chi connectivity index (χ3v) is 9.40. The van der Waals surface area contributed by atoms with Crippen LogP contribution in [-0.4, -0.2) is 62.5 Å². The molecule has 0 radical (unpaired) electrons. The highest BCUT2D eigenvalue weighted by Gasteiger charge is 2.43. The molecule has 0 atom stereocenters. The van der Waals surface area contributed by atoms with Crippen molar-refractivity contribution in [3.8, 4) is 0 Å². The van der Waals surface area contributed by atoms with E-state index in [1.54, 1.807) is 6.92 Å². The first-order chi connectivity index (χ1) is 18.7. The molecule has 12 nitrogen and oxygen atoms in total. The summed E-state index contributed by atoms with van der Waals surface area (Å²) in [5.74, 6) is -2.06. The van der Waals surface area contributed by atoms with Crippen LogP contribution in [0.2, 0.25) is 0 Å². The second kappa shape index (κ2) is 11.0. The van der Waals surface area contributed by atoms with E-state index in [1.807, 2.05) is 0 Å². The molecule has 39 heavy (non-hydrogen) atoms. The molecule has 0 saturated carbocycles. The number of hydrogen-bond donors (Lipinski definition) is 4. The van der Waals surface area contributed by atoms with E-state index in [2.05, 4.69) is 5.32 Å². The third kappa shape index (κ3) is 5.49. The van der Waals surface area contributed by atoms with Gasteiger partial charge in [-0.2, -0.15) is 0 Å². The number of anilines is 2. The zero-order valence-corrected chi connectivity index (χ0v) is 23.2. The average molecular weight is 581 g/mol. The molecule has 4 heterocycles. The number of nitrogens with two attached hydrogens (primary N) is 3. The largest absolute Gasteiger partial charge is 0.450 e. The van der Waals surface area contributed by atoms with Crippen LogP contribution < -0.4 is 22.5 Å². The van der Waals surface area contributed by atoms with E-state index in [-0.39, 0.29) is 6.61 Å². The van der Waals surface area contributed by atoms with Gasteiger partial charge in [0.25, 0.3) is 11.8 Å². The van der Waals surface area contributed by atoms with Crippen LogP contribution in [0.15, 0.2) is 0 Å². The van der Waals surface area contributed by atoms with Gasteiger partial charge in [0.15, 0.2) is 11.6 Å². The Kier molecular flexibility index (Phi) is 7.86. The van der Waals surface area contributed by atoms with Crippen molar-refractivity contribution >= 4 is 50.6 Å². The van der Waals surface area contributed by atoms with Crippen LogP contribution in [0, 0.1) is 0 Å². The molecule has 6 rings (SSSR count). The van der Waals surface area contributed by atoms with Crippen molar-refractivity contribution in [3.05, 3.63) is 32.0 Å². The number of ether oxygens (including phenoxy) is 5. The Morgan fingerprint density at radius 2 is 1.33 bits per heavy atom. The lowest BCUT2D eigenvalue weighted by molar-refractivity contribution is -0.163. The Balaban J connectivity index is 0.000000163. The molecule has 2 aliphatic heterocycles. The zero-order chi connectivity index (χ0) is 27.8. The summed E-state index contributed by atoms with van der Waals surface area (Å²) in [6, 6.07) is 0. The van der Waals surface area contributed by atoms with Gasteiger partial charge in [-0.05, 0) is 30.9 Å². The maximum absolute atomic E-state index is 11.8. The van der Waals surface area contributed by atoms with Crippen molar-refractivity contribution in [1.82, 2.24) is 0 Å². The number of nitrogens with one attached hydrogen (secondary N) is 1. The first-order valence-corrected chi connectivity index (χ1v) is 14.4. The maximum Gasteiger partial charge on any atom is 0.412 e. The molecule has 14 heteroatoms. The molecule has 7 N–H and O–H groups in total. The molecular formula is C25H32N4O8S2. The number of nitrogen functional groups attached to an aromatic ring is 1. The first-order valence-electron chi connectivity index (χ1n) is 12.8. The van der Waals surface area contributed by atoms with Crippen LogP contribution in [-0.2, 0) is 49.4 Å². The van der Waals surface area contributed by atoms with Crippen LogP contribution in [0.5, 0.6) is 0 Å². The van der Waals surface area contributed by atoms with E-state index in [9.17, 15) is 14.4 Å². The highest BCUT2D eigenvalue weighted by molar-refractivity contribution is 7.17. The second-order valence-electron chi connectivity index (χ2n) is 9.59. The number of primary amides is 2. The number of hydrogen-bond acceptors (Lipinski definition) is 11. The predicted molar refractivity (Wildman–Crippen MR) is 144 cm³/mol. The number of rotatable bonds is 4. The Labute approximate surface area is 233 Å². The zero-order valence-electron chi connectivity index (χ0n) is 21.6. The molecule has 2 spiro atoms. The summed E-state index contributed by atoms with van der Waals surface area (Å²) < 4.78 is 27.7. The molecule has 3 amide bonds. The Morgan fingerprint density at radius 1 is 0.846 bits per heavy atom. The summed E-state index contributed by atoms with van der Waals surface area (Å²) in [4.78, 5) is 36.8. The van der Waals surface area contributed by atoms with Crippen LogP contribution in [0.1, 0.15) is 61.4 Å². The van der Waals surface area contributed by atoms with E-state index in [0.29, 0.717) is 73.2 Å². The molecule has 0 unspecified atom stereocenters. The number of fused-ring (bicyclic) bond motifs is 2. The fourth-order valence-electron chi connectivity index (χ4n) is 5.52. The lowest BCUT2D eigenvalue weighted by atomic mass is 9.90. The summed E-state index contributed by atoms with van der Waals surface area (Å²) in [5.41, 5.74) is 19.4. The lowest BCUT2D eigenvalue weighted by Crippen LogP contribution is -2.36. The molecule has 0 aromatic carbocycles. The van der Waals surface area contributed by atoms with Gasteiger partial charge in [-0.25, -0.2) is 4.79 Å². The molecule has 0 bridgehead atoms. The highest BCUT2D eigenvalue weighted by Crippen LogP contribution is 2.44. The monoisotopic (exact) mass is 580 g/mol. The van der Waals surface area contributed by atoms with Gasteiger partial charge in [-0.1, -0.05) is 0 Å². The van der Waals surface area contributed by atoms with Crippen molar-refractivity contribution in [2.75, 3.05) is 44.1 Å². The average Bonchev–Trinajstić information content (AvgIpc) is 3.65. The van der Waals surface area contributed by atoms with E-state index in [1.165, 1.54) is 22.7 Å².